The summed E-state index contributed by atoms with van der Waals surface area (Å²) in [7, 11) is 0. The molecule has 0 aliphatic carbocycles. The number of rotatable bonds is 4. The van der Waals surface area contributed by atoms with E-state index in [0.717, 1.165) is 11.0 Å². The number of hydrogen-bond donors (Lipinski definition) is 1. The number of amides is 1. The molecule has 0 saturated heterocycles. The van der Waals surface area contributed by atoms with E-state index in [-0.39, 0.29) is 17.9 Å². The van der Waals surface area contributed by atoms with Crippen molar-refractivity contribution >= 4 is 16.9 Å². The maximum absolute atomic E-state index is 12.4. The molecule has 4 rings (SSSR count). The SMILES string of the molecule is O=C(Nn1cnc2ccccc21)c1ccc(Cn2ccccc2=O)o1. The van der Waals surface area contributed by atoms with Gasteiger partial charge in [0.05, 0.1) is 17.6 Å². The number of benzene rings is 1. The zero-order chi connectivity index (χ0) is 17.2. The number of carbonyl (C=O) groups excluding carboxylic acids is 1. The summed E-state index contributed by atoms with van der Waals surface area (Å²) < 4.78 is 8.61. The Morgan fingerprint density at radius 1 is 1.08 bits per heavy atom. The number of fused-ring (bicyclic) bond motifs is 1. The lowest BCUT2D eigenvalue weighted by Crippen LogP contribution is -2.21. The molecule has 0 aliphatic rings. The maximum Gasteiger partial charge on any atom is 0.305 e. The number of hydrogen-bond acceptors (Lipinski definition) is 4. The summed E-state index contributed by atoms with van der Waals surface area (Å²) >= 11 is 0. The highest BCUT2D eigenvalue weighted by Gasteiger charge is 2.13. The molecule has 0 saturated carbocycles. The van der Waals surface area contributed by atoms with Crippen LogP contribution in [-0.2, 0) is 6.54 Å². The molecule has 0 aliphatic heterocycles. The van der Waals surface area contributed by atoms with Gasteiger partial charge in [-0.25, -0.2) is 9.66 Å². The largest absolute Gasteiger partial charge is 0.454 e. The molecule has 1 amide bonds. The van der Waals surface area contributed by atoms with Crippen LogP contribution in [0.5, 0.6) is 0 Å². The molecule has 124 valence electrons. The van der Waals surface area contributed by atoms with Crippen LogP contribution in [0.4, 0.5) is 0 Å². The quantitative estimate of drug-likeness (QED) is 0.620. The molecule has 25 heavy (non-hydrogen) atoms. The third kappa shape index (κ3) is 2.94. The fourth-order valence-corrected chi connectivity index (χ4v) is 2.56. The van der Waals surface area contributed by atoms with Crippen LogP contribution in [0.3, 0.4) is 0 Å². The lowest BCUT2D eigenvalue weighted by molar-refractivity contribution is 0.0980. The molecule has 0 spiro atoms. The Morgan fingerprint density at radius 2 is 1.92 bits per heavy atom. The van der Waals surface area contributed by atoms with Gasteiger partial charge in [0, 0.05) is 12.3 Å². The standard InChI is InChI=1S/C18H14N4O3/c23-17-7-3-4-10-21(17)11-13-8-9-16(25-13)18(24)20-22-12-19-14-5-1-2-6-15(14)22/h1-10,12H,11H2,(H,20,24). The summed E-state index contributed by atoms with van der Waals surface area (Å²) in [4.78, 5) is 28.3. The number of pyridine rings is 1. The van der Waals surface area contributed by atoms with Crippen molar-refractivity contribution in [2.24, 2.45) is 0 Å². The van der Waals surface area contributed by atoms with Gasteiger partial charge in [0.15, 0.2) is 5.76 Å². The van der Waals surface area contributed by atoms with Gasteiger partial charge in [-0.3, -0.25) is 15.0 Å². The van der Waals surface area contributed by atoms with E-state index in [1.807, 2.05) is 24.3 Å². The van der Waals surface area contributed by atoms with Crippen LogP contribution in [0.25, 0.3) is 11.0 Å². The minimum Gasteiger partial charge on any atom is -0.454 e. The van der Waals surface area contributed by atoms with E-state index in [2.05, 4.69) is 10.4 Å². The van der Waals surface area contributed by atoms with Crippen LogP contribution in [0, 0.1) is 0 Å². The third-order valence-electron chi connectivity index (χ3n) is 3.79. The molecule has 3 aromatic heterocycles. The van der Waals surface area contributed by atoms with Gasteiger partial charge in [-0.1, -0.05) is 18.2 Å². The molecule has 7 nitrogen and oxygen atoms in total. The Balaban J connectivity index is 1.53. The summed E-state index contributed by atoms with van der Waals surface area (Å²) in [5.74, 6) is 0.292. The van der Waals surface area contributed by atoms with Crippen LogP contribution in [0.1, 0.15) is 16.3 Å². The third-order valence-corrected chi connectivity index (χ3v) is 3.79. The summed E-state index contributed by atoms with van der Waals surface area (Å²) in [6, 6.07) is 15.6. The number of aromatic nitrogens is 3. The van der Waals surface area contributed by atoms with Gasteiger partial charge in [0.25, 0.3) is 5.56 Å². The molecular weight excluding hydrogens is 320 g/mol. The van der Waals surface area contributed by atoms with Crippen LogP contribution in [-0.4, -0.2) is 20.1 Å². The Morgan fingerprint density at radius 3 is 2.80 bits per heavy atom. The number of nitrogens with one attached hydrogen (secondary N) is 1. The van der Waals surface area contributed by atoms with Gasteiger partial charge in [-0.15, -0.1) is 0 Å². The second kappa shape index (κ2) is 6.12. The second-order valence-corrected chi connectivity index (χ2v) is 5.48. The normalized spacial score (nSPS) is 10.9. The molecule has 0 atom stereocenters. The molecule has 1 N–H and O–H groups in total. The number of carbonyl (C=O) groups is 1. The first-order valence-electron chi connectivity index (χ1n) is 7.68. The highest BCUT2D eigenvalue weighted by atomic mass is 16.4. The summed E-state index contributed by atoms with van der Waals surface area (Å²) in [5.41, 5.74) is 4.17. The van der Waals surface area contributed by atoms with Gasteiger partial charge in [-0.05, 0) is 30.3 Å². The lowest BCUT2D eigenvalue weighted by atomic mass is 10.3. The van der Waals surface area contributed by atoms with Gasteiger partial charge in [0.2, 0.25) is 0 Å². The number of nitrogens with zero attached hydrogens (tertiary/aromatic N) is 3. The van der Waals surface area contributed by atoms with Crippen molar-refractivity contribution < 1.29 is 9.21 Å². The van der Waals surface area contributed by atoms with Crippen molar-refractivity contribution in [1.29, 1.82) is 0 Å². The second-order valence-electron chi connectivity index (χ2n) is 5.48. The van der Waals surface area contributed by atoms with Crippen molar-refractivity contribution in [2.45, 2.75) is 6.54 Å². The zero-order valence-corrected chi connectivity index (χ0v) is 13.1. The van der Waals surface area contributed by atoms with Crippen LogP contribution >= 0.6 is 0 Å². The van der Waals surface area contributed by atoms with E-state index in [0.29, 0.717) is 5.76 Å². The highest BCUT2D eigenvalue weighted by molar-refractivity contribution is 5.98. The van der Waals surface area contributed by atoms with E-state index in [4.69, 9.17) is 4.42 Å². The van der Waals surface area contributed by atoms with Gasteiger partial charge in [0.1, 0.15) is 12.1 Å². The van der Waals surface area contributed by atoms with Crippen molar-refractivity contribution in [3.05, 3.63) is 89.0 Å². The van der Waals surface area contributed by atoms with Gasteiger partial charge >= 0.3 is 5.91 Å². The molecule has 3 heterocycles. The number of imidazole rings is 1. The molecule has 4 aromatic rings. The fourth-order valence-electron chi connectivity index (χ4n) is 2.56. The molecule has 0 radical (unpaired) electrons. The predicted molar refractivity (Wildman–Crippen MR) is 91.9 cm³/mol. The van der Waals surface area contributed by atoms with Gasteiger partial charge in [-0.2, -0.15) is 0 Å². The van der Waals surface area contributed by atoms with Crippen molar-refractivity contribution in [2.75, 3.05) is 5.43 Å². The average molecular weight is 334 g/mol. The van der Waals surface area contributed by atoms with Crippen LogP contribution in [0.15, 0.2) is 76.3 Å². The van der Waals surface area contributed by atoms with Crippen molar-refractivity contribution in [3.8, 4) is 0 Å². The van der Waals surface area contributed by atoms with Crippen molar-refractivity contribution in [3.63, 3.8) is 0 Å². The topological polar surface area (TPSA) is 82.1 Å². The summed E-state index contributed by atoms with van der Waals surface area (Å²) in [5, 5.41) is 0. The Labute approximate surface area is 142 Å². The molecule has 0 unspecified atom stereocenters. The first-order valence-corrected chi connectivity index (χ1v) is 7.68. The Bertz CT molecular complexity index is 1110. The van der Waals surface area contributed by atoms with E-state index in [1.165, 1.54) is 17.0 Å². The van der Waals surface area contributed by atoms with E-state index in [9.17, 15) is 9.59 Å². The Hall–Kier alpha value is -3.61. The minimum absolute atomic E-state index is 0.130. The average Bonchev–Trinajstić information content (AvgIpc) is 3.25. The molecule has 1 aromatic carbocycles. The van der Waals surface area contributed by atoms with Crippen molar-refractivity contribution in [1.82, 2.24) is 14.2 Å². The minimum atomic E-state index is -0.394. The highest BCUT2D eigenvalue weighted by Crippen LogP contribution is 2.12. The van der Waals surface area contributed by atoms with Crippen LogP contribution in [0.2, 0.25) is 0 Å². The summed E-state index contributed by atoms with van der Waals surface area (Å²) in [6.45, 7) is 0.265. The van der Waals surface area contributed by atoms with Gasteiger partial charge < -0.3 is 8.98 Å². The monoisotopic (exact) mass is 334 g/mol. The lowest BCUT2D eigenvalue weighted by Gasteiger charge is -2.05. The van der Waals surface area contributed by atoms with E-state index >= 15 is 0 Å². The smallest absolute Gasteiger partial charge is 0.305 e. The number of furan rings is 1. The predicted octanol–water partition coefficient (Wildman–Crippen LogP) is 2.22. The number of para-hydroxylation sites is 2. The first-order chi connectivity index (χ1) is 12.2. The summed E-state index contributed by atoms with van der Waals surface area (Å²) in [6.07, 6.45) is 3.21. The zero-order valence-electron chi connectivity index (χ0n) is 13.1. The molecular formula is C18H14N4O3. The fraction of sp³-hybridized carbons (Fsp3) is 0.0556. The molecule has 7 heteroatoms. The first kappa shape index (κ1) is 14.9. The Kier molecular flexibility index (Phi) is 3.66. The molecule has 0 bridgehead atoms. The van der Waals surface area contributed by atoms with E-state index < -0.39 is 5.91 Å². The van der Waals surface area contributed by atoms with Crippen LogP contribution < -0.4 is 11.0 Å². The van der Waals surface area contributed by atoms with E-state index in [1.54, 1.807) is 35.1 Å². The maximum atomic E-state index is 12.4. The molecule has 0 fully saturated rings.